The van der Waals surface area contributed by atoms with Crippen LogP contribution in [0.5, 0.6) is 5.75 Å². The molecular weight excluding hydrogens is 376 g/mol. The zero-order valence-corrected chi connectivity index (χ0v) is 18.2. The Kier molecular flexibility index (Phi) is 7.50. The molecule has 2 aromatic rings. The Labute approximate surface area is 179 Å². The van der Waals surface area contributed by atoms with Gasteiger partial charge in [0.05, 0.1) is 11.3 Å². The second-order valence-electron chi connectivity index (χ2n) is 8.06. The molecule has 5 nitrogen and oxygen atoms in total. The van der Waals surface area contributed by atoms with Crippen molar-refractivity contribution in [3.8, 4) is 5.75 Å². The molecule has 2 amide bonds. The molecule has 1 aliphatic carbocycles. The first-order chi connectivity index (χ1) is 14.5. The Morgan fingerprint density at radius 2 is 1.77 bits per heavy atom. The lowest BCUT2D eigenvalue weighted by Gasteiger charge is -2.24. The summed E-state index contributed by atoms with van der Waals surface area (Å²) in [6.07, 6.45) is 5.45. The second kappa shape index (κ2) is 10.3. The number of amides is 2. The van der Waals surface area contributed by atoms with Crippen LogP contribution in [0.25, 0.3) is 0 Å². The molecule has 0 radical (unpaired) electrons. The number of carbonyl (C=O) groups is 2. The van der Waals surface area contributed by atoms with E-state index in [-0.39, 0.29) is 17.9 Å². The van der Waals surface area contributed by atoms with Crippen LogP contribution in [0.4, 0.5) is 5.69 Å². The highest BCUT2D eigenvalue weighted by Crippen LogP contribution is 2.24. The van der Waals surface area contributed by atoms with Crippen molar-refractivity contribution in [2.24, 2.45) is 0 Å². The van der Waals surface area contributed by atoms with Crippen molar-refractivity contribution in [3.05, 3.63) is 59.2 Å². The number of nitrogens with one attached hydrogen (secondary N) is 2. The summed E-state index contributed by atoms with van der Waals surface area (Å²) in [5.74, 6) is 0.318. The largest absolute Gasteiger partial charge is 0.480 e. The first-order valence-electron chi connectivity index (χ1n) is 10.9. The molecular formula is C25H32N2O3. The van der Waals surface area contributed by atoms with Crippen molar-refractivity contribution < 1.29 is 14.3 Å². The molecule has 3 rings (SSSR count). The topological polar surface area (TPSA) is 67.4 Å². The molecule has 30 heavy (non-hydrogen) atoms. The molecule has 160 valence electrons. The Bertz CT molecular complexity index is 888. The summed E-state index contributed by atoms with van der Waals surface area (Å²) in [4.78, 5) is 25.8. The van der Waals surface area contributed by atoms with Crippen molar-refractivity contribution in [1.29, 1.82) is 0 Å². The van der Waals surface area contributed by atoms with Gasteiger partial charge in [-0.3, -0.25) is 9.59 Å². The van der Waals surface area contributed by atoms with Gasteiger partial charge < -0.3 is 15.4 Å². The molecule has 0 aliphatic heterocycles. The molecule has 0 bridgehead atoms. The quantitative estimate of drug-likeness (QED) is 0.665. The van der Waals surface area contributed by atoms with E-state index in [1.807, 2.05) is 51.1 Å². The Balaban J connectivity index is 1.70. The fourth-order valence-corrected chi connectivity index (χ4v) is 3.84. The average molecular weight is 409 g/mol. The van der Waals surface area contributed by atoms with Gasteiger partial charge >= 0.3 is 0 Å². The number of hydrogen-bond acceptors (Lipinski definition) is 3. The molecule has 0 saturated heterocycles. The van der Waals surface area contributed by atoms with E-state index in [2.05, 4.69) is 10.6 Å². The van der Waals surface area contributed by atoms with Crippen molar-refractivity contribution in [2.45, 2.75) is 71.4 Å². The number of benzene rings is 2. The van der Waals surface area contributed by atoms with Gasteiger partial charge in [0.2, 0.25) is 0 Å². The molecule has 0 unspecified atom stereocenters. The van der Waals surface area contributed by atoms with Gasteiger partial charge in [0, 0.05) is 6.04 Å². The number of anilines is 1. The molecule has 2 aromatic carbocycles. The number of para-hydroxylation sites is 1. The first-order valence-corrected chi connectivity index (χ1v) is 10.9. The maximum atomic E-state index is 12.9. The summed E-state index contributed by atoms with van der Waals surface area (Å²) in [5, 5.41) is 6.03. The maximum absolute atomic E-state index is 12.9. The molecule has 1 fully saturated rings. The van der Waals surface area contributed by atoms with E-state index in [0.717, 1.165) is 36.8 Å². The van der Waals surface area contributed by atoms with Crippen molar-refractivity contribution in [2.75, 3.05) is 5.32 Å². The normalized spacial score (nSPS) is 15.3. The lowest BCUT2D eigenvalue weighted by Crippen LogP contribution is -2.37. The molecule has 1 atom stereocenters. The highest BCUT2D eigenvalue weighted by atomic mass is 16.5. The van der Waals surface area contributed by atoms with E-state index < -0.39 is 6.10 Å². The van der Waals surface area contributed by atoms with Gasteiger partial charge in [-0.1, -0.05) is 50.5 Å². The third-order valence-electron chi connectivity index (χ3n) is 5.86. The zero-order valence-electron chi connectivity index (χ0n) is 18.2. The lowest BCUT2D eigenvalue weighted by atomic mass is 9.95. The second-order valence-corrected chi connectivity index (χ2v) is 8.06. The molecule has 0 spiro atoms. The van der Waals surface area contributed by atoms with Crippen LogP contribution in [-0.2, 0) is 4.79 Å². The van der Waals surface area contributed by atoms with Crippen LogP contribution in [0.1, 0.15) is 66.9 Å². The minimum atomic E-state index is -0.639. The number of carbonyl (C=O) groups excluding carboxylic acids is 2. The minimum absolute atomic E-state index is 0.138. The molecule has 0 aromatic heterocycles. The smallest absolute Gasteiger partial charge is 0.265 e. The van der Waals surface area contributed by atoms with E-state index in [1.165, 1.54) is 6.42 Å². The van der Waals surface area contributed by atoms with Crippen molar-refractivity contribution in [1.82, 2.24) is 5.32 Å². The highest BCUT2D eigenvalue weighted by molar-refractivity contribution is 6.04. The van der Waals surface area contributed by atoms with Gasteiger partial charge in [-0.15, -0.1) is 0 Å². The summed E-state index contributed by atoms with van der Waals surface area (Å²) in [5.41, 5.74) is 3.14. The van der Waals surface area contributed by atoms with E-state index in [0.29, 0.717) is 23.4 Å². The molecule has 5 heteroatoms. The van der Waals surface area contributed by atoms with Gasteiger partial charge in [0.1, 0.15) is 5.75 Å². The van der Waals surface area contributed by atoms with Crippen LogP contribution < -0.4 is 15.4 Å². The van der Waals surface area contributed by atoms with Crippen LogP contribution >= 0.6 is 0 Å². The van der Waals surface area contributed by atoms with E-state index >= 15 is 0 Å². The summed E-state index contributed by atoms with van der Waals surface area (Å²) >= 11 is 0. The SMILES string of the molecule is CC[C@H](Oc1cccc(C)c1C)C(=O)Nc1ccccc1C(=O)NC1CCCCC1. The number of rotatable bonds is 7. The Morgan fingerprint density at radius 3 is 2.50 bits per heavy atom. The number of hydrogen-bond donors (Lipinski definition) is 2. The summed E-state index contributed by atoms with van der Waals surface area (Å²) in [6.45, 7) is 5.92. The predicted octanol–water partition coefficient (Wildman–Crippen LogP) is 5.16. The molecule has 1 aliphatic rings. The highest BCUT2D eigenvalue weighted by Gasteiger charge is 2.23. The van der Waals surface area contributed by atoms with Gasteiger partial charge in [-0.2, -0.15) is 0 Å². The van der Waals surface area contributed by atoms with Gasteiger partial charge in [0.25, 0.3) is 11.8 Å². The predicted molar refractivity (Wildman–Crippen MR) is 120 cm³/mol. The van der Waals surface area contributed by atoms with Crippen molar-refractivity contribution >= 4 is 17.5 Å². The Morgan fingerprint density at radius 1 is 1.03 bits per heavy atom. The number of ether oxygens (including phenoxy) is 1. The maximum Gasteiger partial charge on any atom is 0.265 e. The van der Waals surface area contributed by atoms with Crippen LogP contribution in [-0.4, -0.2) is 24.0 Å². The van der Waals surface area contributed by atoms with E-state index in [9.17, 15) is 9.59 Å². The molecule has 2 N–H and O–H groups in total. The Hall–Kier alpha value is -2.82. The van der Waals surface area contributed by atoms with Crippen LogP contribution in [0.3, 0.4) is 0 Å². The van der Waals surface area contributed by atoms with E-state index in [1.54, 1.807) is 12.1 Å². The van der Waals surface area contributed by atoms with Gasteiger partial charge in [-0.05, 0) is 62.4 Å². The van der Waals surface area contributed by atoms with Crippen molar-refractivity contribution in [3.63, 3.8) is 0 Å². The number of aryl methyl sites for hydroxylation is 1. The van der Waals surface area contributed by atoms with Gasteiger partial charge in [0.15, 0.2) is 6.10 Å². The average Bonchev–Trinajstić information content (AvgIpc) is 2.75. The third kappa shape index (κ3) is 5.41. The first kappa shape index (κ1) is 21.9. The fourth-order valence-electron chi connectivity index (χ4n) is 3.84. The van der Waals surface area contributed by atoms with Crippen LogP contribution in [0.15, 0.2) is 42.5 Å². The lowest BCUT2D eigenvalue weighted by molar-refractivity contribution is -0.122. The summed E-state index contributed by atoms with van der Waals surface area (Å²) in [7, 11) is 0. The molecule has 0 heterocycles. The molecule has 1 saturated carbocycles. The standard InChI is InChI=1S/C25H32N2O3/c1-4-22(30-23-16-10-11-17(2)18(23)3)25(29)27-21-15-9-8-14-20(21)24(28)26-19-12-6-5-7-13-19/h8-11,14-16,19,22H,4-7,12-13H2,1-3H3,(H,26,28)(H,27,29)/t22-/m0/s1. The third-order valence-corrected chi connectivity index (χ3v) is 5.86. The van der Waals surface area contributed by atoms with Crippen LogP contribution in [0.2, 0.25) is 0 Å². The van der Waals surface area contributed by atoms with Crippen LogP contribution in [0, 0.1) is 13.8 Å². The summed E-state index contributed by atoms with van der Waals surface area (Å²) < 4.78 is 6.02. The van der Waals surface area contributed by atoms with Gasteiger partial charge in [-0.25, -0.2) is 0 Å². The van der Waals surface area contributed by atoms with E-state index in [4.69, 9.17) is 4.74 Å². The summed E-state index contributed by atoms with van der Waals surface area (Å²) in [6, 6.07) is 13.2. The monoisotopic (exact) mass is 408 g/mol. The minimum Gasteiger partial charge on any atom is -0.480 e. The fraction of sp³-hybridized carbons (Fsp3) is 0.440. The zero-order chi connectivity index (χ0) is 21.5.